The molecular weight excluding hydrogens is 226 g/mol. The van der Waals surface area contributed by atoms with Gasteiger partial charge < -0.3 is 4.74 Å². The fourth-order valence-corrected chi connectivity index (χ4v) is 2.99. The van der Waals surface area contributed by atoms with Crippen LogP contribution < -0.4 is 4.74 Å². The Bertz CT molecular complexity index is 432. The highest BCUT2D eigenvalue weighted by Gasteiger charge is 2.35. The van der Waals surface area contributed by atoms with Crippen LogP contribution in [0.4, 0.5) is 0 Å². The highest BCUT2D eigenvalue weighted by Crippen LogP contribution is 2.30. The molecule has 3 heterocycles. The van der Waals surface area contributed by atoms with E-state index in [4.69, 9.17) is 4.74 Å². The Balaban J connectivity index is 1.67. The number of nitrogens with zero attached hydrogens (tertiary/aromatic N) is 1. The van der Waals surface area contributed by atoms with Crippen LogP contribution in [0, 0.1) is 5.92 Å². The van der Waals surface area contributed by atoms with Gasteiger partial charge in [-0.2, -0.15) is 0 Å². The van der Waals surface area contributed by atoms with Crippen molar-refractivity contribution in [2.45, 2.75) is 25.9 Å². The van der Waals surface area contributed by atoms with Crippen molar-refractivity contribution >= 4 is 5.78 Å². The molecule has 0 radical (unpaired) electrons. The maximum Gasteiger partial charge on any atom is 0.159 e. The van der Waals surface area contributed by atoms with Crippen LogP contribution in [0.3, 0.4) is 0 Å². The standard InChI is InChI=1S/C15H19NO2/c1-11(17)12-2-4-14(5-3-12)18-15-10-16-8-6-13(15)7-9-16/h2-5,13,15H,6-10H2,1H3. The summed E-state index contributed by atoms with van der Waals surface area (Å²) in [5.74, 6) is 1.70. The molecule has 4 rings (SSSR count). The van der Waals surface area contributed by atoms with E-state index >= 15 is 0 Å². The number of ketones is 1. The van der Waals surface area contributed by atoms with Crippen molar-refractivity contribution in [3.05, 3.63) is 29.8 Å². The summed E-state index contributed by atoms with van der Waals surface area (Å²) >= 11 is 0. The Morgan fingerprint density at radius 1 is 1.22 bits per heavy atom. The SMILES string of the molecule is CC(=O)c1ccc(OC2CN3CCC2CC3)cc1. The van der Waals surface area contributed by atoms with E-state index < -0.39 is 0 Å². The third kappa shape index (κ3) is 2.27. The predicted molar refractivity (Wildman–Crippen MR) is 70.0 cm³/mol. The van der Waals surface area contributed by atoms with Gasteiger partial charge in [-0.1, -0.05) is 0 Å². The largest absolute Gasteiger partial charge is 0.489 e. The highest BCUT2D eigenvalue weighted by atomic mass is 16.5. The second-order valence-electron chi connectivity index (χ2n) is 5.37. The van der Waals surface area contributed by atoms with E-state index in [0.717, 1.165) is 17.9 Å². The Labute approximate surface area is 108 Å². The third-order valence-corrected chi connectivity index (χ3v) is 4.14. The Hall–Kier alpha value is -1.35. The molecule has 1 atom stereocenters. The molecule has 3 heteroatoms. The first-order valence-corrected chi connectivity index (χ1v) is 6.72. The molecule has 0 saturated carbocycles. The Morgan fingerprint density at radius 2 is 1.89 bits per heavy atom. The van der Waals surface area contributed by atoms with Crippen LogP contribution in [-0.2, 0) is 0 Å². The quantitative estimate of drug-likeness (QED) is 0.766. The van der Waals surface area contributed by atoms with Gasteiger partial charge in [0, 0.05) is 12.1 Å². The van der Waals surface area contributed by atoms with Crippen LogP contribution in [0.1, 0.15) is 30.1 Å². The normalized spacial score (nSPS) is 30.2. The molecular formula is C15H19NO2. The van der Waals surface area contributed by atoms with Crippen LogP contribution >= 0.6 is 0 Å². The lowest BCUT2D eigenvalue weighted by Crippen LogP contribution is -2.52. The fourth-order valence-electron chi connectivity index (χ4n) is 2.99. The minimum atomic E-state index is 0.101. The number of ether oxygens (including phenoxy) is 1. The van der Waals surface area contributed by atoms with E-state index in [2.05, 4.69) is 4.90 Å². The molecule has 3 aliphatic rings. The zero-order valence-electron chi connectivity index (χ0n) is 10.8. The van der Waals surface area contributed by atoms with E-state index in [9.17, 15) is 4.79 Å². The minimum Gasteiger partial charge on any atom is -0.489 e. The Morgan fingerprint density at radius 3 is 2.39 bits per heavy atom. The van der Waals surface area contributed by atoms with Crippen molar-refractivity contribution in [2.24, 2.45) is 5.92 Å². The van der Waals surface area contributed by atoms with Crippen molar-refractivity contribution < 1.29 is 9.53 Å². The molecule has 1 unspecified atom stereocenters. The number of hydrogen-bond acceptors (Lipinski definition) is 3. The second-order valence-corrected chi connectivity index (χ2v) is 5.37. The van der Waals surface area contributed by atoms with Gasteiger partial charge in [-0.15, -0.1) is 0 Å². The number of carbonyl (C=O) groups excluding carboxylic acids is 1. The monoisotopic (exact) mass is 245 g/mol. The van der Waals surface area contributed by atoms with Gasteiger partial charge in [-0.3, -0.25) is 9.69 Å². The van der Waals surface area contributed by atoms with Gasteiger partial charge in [0.15, 0.2) is 5.78 Å². The molecule has 0 aromatic heterocycles. The number of hydrogen-bond donors (Lipinski definition) is 0. The number of Topliss-reactive ketones (excluding diaryl/α,β-unsaturated/α-hetero) is 1. The second kappa shape index (κ2) is 4.73. The zero-order valence-corrected chi connectivity index (χ0v) is 10.8. The van der Waals surface area contributed by atoms with E-state index in [0.29, 0.717) is 12.0 Å². The summed E-state index contributed by atoms with van der Waals surface area (Å²) in [7, 11) is 0. The number of fused-ring (bicyclic) bond motifs is 3. The van der Waals surface area contributed by atoms with Crippen LogP contribution in [0.2, 0.25) is 0 Å². The molecule has 18 heavy (non-hydrogen) atoms. The van der Waals surface area contributed by atoms with Crippen molar-refractivity contribution in [3.63, 3.8) is 0 Å². The molecule has 3 nitrogen and oxygen atoms in total. The summed E-state index contributed by atoms with van der Waals surface area (Å²) in [4.78, 5) is 13.7. The Kier molecular flexibility index (Phi) is 3.08. The van der Waals surface area contributed by atoms with Crippen molar-refractivity contribution in [2.75, 3.05) is 19.6 Å². The van der Waals surface area contributed by atoms with Crippen LogP contribution in [0.15, 0.2) is 24.3 Å². The third-order valence-electron chi connectivity index (χ3n) is 4.14. The molecule has 0 amide bonds. The molecule has 2 bridgehead atoms. The molecule has 1 aromatic rings. The molecule has 3 fully saturated rings. The lowest BCUT2D eigenvalue weighted by molar-refractivity contribution is -0.00776. The van der Waals surface area contributed by atoms with Crippen molar-refractivity contribution in [3.8, 4) is 5.75 Å². The molecule has 1 aromatic carbocycles. The average molecular weight is 245 g/mol. The number of carbonyl (C=O) groups is 1. The van der Waals surface area contributed by atoms with Gasteiger partial charge in [0.25, 0.3) is 0 Å². The van der Waals surface area contributed by atoms with E-state index in [-0.39, 0.29) is 5.78 Å². The number of piperidine rings is 3. The van der Waals surface area contributed by atoms with Gasteiger partial charge >= 0.3 is 0 Å². The first kappa shape index (κ1) is 11.7. The topological polar surface area (TPSA) is 29.5 Å². The maximum atomic E-state index is 11.2. The first-order valence-electron chi connectivity index (χ1n) is 6.72. The van der Waals surface area contributed by atoms with Gasteiger partial charge in [0.1, 0.15) is 11.9 Å². The smallest absolute Gasteiger partial charge is 0.159 e. The first-order chi connectivity index (χ1) is 8.72. The highest BCUT2D eigenvalue weighted by molar-refractivity contribution is 5.94. The van der Waals surface area contributed by atoms with Crippen molar-refractivity contribution in [1.82, 2.24) is 4.90 Å². The van der Waals surface area contributed by atoms with Gasteiger partial charge in [-0.05, 0) is 63.0 Å². The summed E-state index contributed by atoms with van der Waals surface area (Å²) in [6, 6.07) is 7.51. The fraction of sp³-hybridized carbons (Fsp3) is 0.533. The molecule has 0 aliphatic carbocycles. The summed E-state index contributed by atoms with van der Waals surface area (Å²) < 4.78 is 6.07. The summed E-state index contributed by atoms with van der Waals surface area (Å²) in [6.07, 6.45) is 2.85. The lowest BCUT2D eigenvalue weighted by Gasteiger charge is -2.44. The molecule has 0 N–H and O–H groups in total. The van der Waals surface area contributed by atoms with Gasteiger partial charge in [-0.25, -0.2) is 0 Å². The van der Waals surface area contributed by atoms with Crippen LogP contribution in [0.25, 0.3) is 0 Å². The summed E-state index contributed by atoms with van der Waals surface area (Å²) in [5, 5.41) is 0. The predicted octanol–water partition coefficient (Wildman–Crippen LogP) is 2.36. The van der Waals surface area contributed by atoms with E-state index in [1.165, 1.54) is 25.9 Å². The minimum absolute atomic E-state index is 0.101. The maximum absolute atomic E-state index is 11.2. The zero-order chi connectivity index (χ0) is 12.5. The molecule has 96 valence electrons. The number of benzene rings is 1. The van der Waals surface area contributed by atoms with Gasteiger partial charge in [0.05, 0.1) is 0 Å². The molecule has 3 aliphatic heterocycles. The number of rotatable bonds is 3. The summed E-state index contributed by atoms with van der Waals surface area (Å²) in [5.41, 5.74) is 0.747. The summed E-state index contributed by atoms with van der Waals surface area (Å²) in [6.45, 7) is 5.10. The molecule has 3 saturated heterocycles. The average Bonchev–Trinajstić information content (AvgIpc) is 2.41. The van der Waals surface area contributed by atoms with Crippen molar-refractivity contribution in [1.29, 1.82) is 0 Å². The van der Waals surface area contributed by atoms with E-state index in [1.807, 2.05) is 24.3 Å². The van der Waals surface area contributed by atoms with Crippen LogP contribution in [0.5, 0.6) is 5.75 Å². The van der Waals surface area contributed by atoms with E-state index in [1.54, 1.807) is 6.92 Å². The van der Waals surface area contributed by atoms with Gasteiger partial charge in [0.2, 0.25) is 0 Å². The van der Waals surface area contributed by atoms with Crippen LogP contribution in [-0.4, -0.2) is 36.4 Å². The lowest BCUT2D eigenvalue weighted by atomic mass is 9.86. The molecule has 0 spiro atoms.